The van der Waals surface area contributed by atoms with Gasteiger partial charge >= 0.3 is 6.03 Å². The van der Waals surface area contributed by atoms with Crippen molar-refractivity contribution in [3.8, 4) is 18.1 Å². The smallest absolute Gasteiger partial charge is 0.319 e. The average molecular weight is 447 g/mol. The van der Waals surface area contributed by atoms with Gasteiger partial charge in [0.05, 0.1) is 0 Å². The van der Waals surface area contributed by atoms with Gasteiger partial charge in [-0.1, -0.05) is 60.5 Å². The van der Waals surface area contributed by atoms with Crippen molar-refractivity contribution >= 4 is 22.5 Å². The largest absolute Gasteiger partial charge is 0.481 e. The van der Waals surface area contributed by atoms with Crippen LogP contribution in [0.3, 0.4) is 0 Å². The van der Waals surface area contributed by atoms with E-state index in [1.807, 2.05) is 78.9 Å². The molecule has 0 saturated carbocycles. The highest BCUT2D eigenvalue weighted by Gasteiger charge is 2.06. The fourth-order valence-corrected chi connectivity index (χ4v) is 4.33. The molecule has 2 N–H and O–H groups in total. The predicted molar refractivity (Wildman–Crippen MR) is 130 cm³/mol. The van der Waals surface area contributed by atoms with Gasteiger partial charge in [0.1, 0.15) is 12.4 Å². The molecule has 1 atom stereocenters. The summed E-state index contributed by atoms with van der Waals surface area (Å²) < 4.78 is 17.8. The molecule has 0 aliphatic carbocycles. The topological polar surface area (TPSA) is 67.4 Å². The minimum atomic E-state index is -1.02. The molecule has 5 nitrogen and oxygen atoms in total. The zero-order chi connectivity index (χ0) is 22.6. The van der Waals surface area contributed by atoms with E-state index in [0.717, 1.165) is 22.4 Å². The van der Waals surface area contributed by atoms with Crippen LogP contribution in [0.5, 0.6) is 5.75 Å². The number of nitrogens with one attached hydrogen (secondary N) is 2. The molecule has 0 bridgehead atoms. The number of hydrogen-bond acceptors (Lipinski definition) is 3. The maximum atomic E-state index is 12.5. The molecular formula is C26H26N2O3S. The molecule has 0 aliphatic rings. The van der Waals surface area contributed by atoms with Crippen molar-refractivity contribution in [1.82, 2.24) is 5.32 Å². The van der Waals surface area contributed by atoms with Gasteiger partial charge < -0.3 is 15.4 Å². The number of terminal acetylenes is 1. The molecular weight excluding hydrogens is 420 g/mol. The number of urea groups is 1. The molecule has 0 fully saturated rings. The lowest BCUT2D eigenvalue weighted by Crippen LogP contribution is -2.30. The Morgan fingerprint density at radius 1 is 0.906 bits per heavy atom. The normalized spacial score (nSPS) is 11.2. The second-order valence-corrected chi connectivity index (χ2v) is 8.64. The summed E-state index contributed by atoms with van der Waals surface area (Å²) in [5, 5.41) is 5.69. The first-order chi connectivity index (χ1) is 15.6. The van der Waals surface area contributed by atoms with Crippen molar-refractivity contribution in [3.63, 3.8) is 0 Å². The van der Waals surface area contributed by atoms with Crippen molar-refractivity contribution in [1.29, 1.82) is 0 Å². The summed E-state index contributed by atoms with van der Waals surface area (Å²) in [4.78, 5) is 12.2. The summed E-state index contributed by atoms with van der Waals surface area (Å²) in [5.41, 5.74) is 3.73. The number of ether oxygens (including phenoxy) is 1. The van der Waals surface area contributed by atoms with Crippen LogP contribution in [0.15, 0.2) is 78.9 Å². The molecule has 3 aromatic carbocycles. The minimum absolute atomic E-state index is 0.241. The summed E-state index contributed by atoms with van der Waals surface area (Å²) in [6, 6.07) is 24.6. The highest BCUT2D eigenvalue weighted by molar-refractivity contribution is 7.83. The summed E-state index contributed by atoms with van der Waals surface area (Å²) >= 11 is 0. The molecule has 3 aromatic rings. The van der Waals surface area contributed by atoms with E-state index in [2.05, 4.69) is 16.6 Å². The maximum absolute atomic E-state index is 12.5. The van der Waals surface area contributed by atoms with Gasteiger partial charge in [0.15, 0.2) is 0 Å². The highest BCUT2D eigenvalue weighted by Crippen LogP contribution is 2.15. The lowest BCUT2D eigenvalue weighted by molar-refractivity contribution is 0.252. The van der Waals surface area contributed by atoms with Gasteiger partial charge in [-0.2, -0.15) is 0 Å². The van der Waals surface area contributed by atoms with Crippen molar-refractivity contribution in [2.45, 2.75) is 17.9 Å². The summed E-state index contributed by atoms with van der Waals surface area (Å²) in [5.74, 6) is 4.10. The lowest BCUT2D eigenvalue weighted by atomic mass is 10.1. The van der Waals surface area contributed by atoms with E-state index in [1.54, 1.807) is 0 Å². The van der Waals surface area contributed by atoms with E-state index in [1.165, 1.54) is 0 Å². The zero-order valence-corrected chi connectivity index (χ0v) is 18.6. The molecule has 0 radical (unpaired) electrons. The molecule has 0 heterocycles. The Kier molecular flexibility index (Phi) is 8.91. The third-order valence-electron chi connectivity index (χ3n) is 4.63. The number of hydrogen-bond donors (Lipinski definition) is 2. The van der Waals surface area contributed by atoms with Gasteiger partial charge in [0.2, 0.25) is 0 Å². The Morgan fingerprint density at radius 3 is 2.38 bits per heavy atom. The number of carbonyl (C=O) groups is 1. The molecule has 0 spiro atoms. The molecule has 32 heavy (non-hydrogen) atoms. The monoisotopic (exact) mass is 446 g/mol. The fraction of sp³-hybridized carbons (Fsp3) is 0.192. The summed E-state index contributed by atoms with van der Waals surface area (Å²) in [6.07, 6.45) is 5.87. The van der Waals surface area contributed by atoms with E-state index in [-0.39, 0.29) is 12.6 Å². The maximum Gasteiger partial charge on any atom is 0.319 e. The number of anilines is 1. The first-order valence-electron chi connectivity index (χ1n) is 10.3. The summed E-state index contributed by atoms with van der Waals surface area (Å²) in [7, 11) is -1.02. The van der Waals surface area contributed by atoms with Crippen LogP contribution in [0.1, 0.15) is 16.7 Å². The van der Waals surface area contributed by atoms with Crippen LogP contribution in [0.25, 0.3) is 0 Å². The van der Waals surface area contributed by atoms with E-state index in [9.17, 15) is 9.00 Å². The third-order valence-corrected chi connectivity index (χ3v) is 5.94. The Bertz CT molecular complexity index is 1080. The molecule has 164 valence electrons. The molecule has 1 unspecified atom stereocenters. The van der Waals surface area contributed by atoms with Crippen molar-refractivity contribution < 1.29 is 13.7 Å². The molecule has 0 aromatic heterocycles. The number of benzene rings is 3. The average Bonchev–Trinajstić information content (AvgIpc) is 2.79. The van der Waals surface area contributed by atoms with Crippen molar-refractivity contribution in [2.75, 3.05) is 18.5 Å². The first-order valence-corrected chi connectivity index (χ1v) is 11.8. The molecule has 6 heteroatoms. The van der Waals surface area contributed by atoms with E-state index < -0.39 is 10.8 Å². The van der Waals surface area contributed by atoms with Gasteiger partial charge in [0.25, 0.3) is 0 Å². The molecule has 0 saturated heterocycles. The van der Waals surface area contributed by atoms with Crippen LogP contribution in [0, 0.1) is 12.3 Å². The van der Waals surface area contributed by atoms with Crippen LogP contribution in [-0.4, -0.2) is 23.4 Å². The Morgan fingerprint density at radius 2 is 1.62 bits per heavy atom. The second kappa shape index (κ2) is 12.3. The van der Waals surface area contributed by atoms with Crippen LogP contribution in [0.4, 0.5) is 10.5 Å². The van der Waals surface area contributed by atoms with Gasteiger partial charge in [-0.25, -0.2) is 4.79 Å². The Labute approximate surface area is 191 Å². The molecule has 2 amide bonds. The van der Waals surface area contributed by atoms with E-state index >= 15 is 0 Å². The Balaban J connectivity index is 1.43. The lowest BCUT2D eigenvalue weighted by Gasteiger charge is -2.10. The van der Waals surface area contributed by atoms with Gasteiger partial charge in [-0.15, -0.1) is 6.42 Å². The first kappa shape index (κ1) is 23.1. The minimum Gasteiger partial charge on any atom is -0.481 e. The van der Waals surface area contributed by atoms with E-state index in [4.69, 9.17) is 11.2 Å². The summed E-state index contributed by atoms with van der Waals surface area (Å²) in [6.45, 7) is 0.738. The fourth-order valence-electron chi connectivity index (χ4n) is 3.11. The standard InChI is InChI=1S/C26H26N2O3S/c1-2-17-31-25-13-11-21(12-14-25)15-16-27-26(29)28-24-10-6-9-23(18-24)20-32(30)19-22-7-4-3-5-8-22/h1,3-14,18H,15-17,19-20H2,(H2,27,28,29). The molecule has 3 rings (SSSR count). The van der Waals surface area contributed by atoms with Crippen LogP contribution in [0.2, 0.25) is 0 Å². The Hall–Kier alpha value is -3.56. The number of carbonyl (C=O) groups excluding carboxylic acids is 1. The van der Waals surface area contributed by atoms with Gasteiger partial charge in [-0.05, 0) is 47.4 Å². The zero-order valence-electron chi connectivity index (χ0n) is 17.8. The van der Waals surface area contributed by atoms with Crippen LogP contribution >= 0.6 is 0 Å². The quantitative estimate of drug-likeness (QED) is 0.450. The third kappa shape index (κ3) is 7.93. The molecule has 0 aliphatic heterocycles. The van der Waals surface area contributed by atoms with Crippen LogP contribution in [-0.2, 0) is 28.7 Å². The van der Waals surface area contributed by atoms with Crippen LogP contribution < -0.4 is 15.4 Å². The SMILES string of the molecule is C#CCOc1ccc(CCNC(=O)Nc2cccc(CS(=O)Cc3ccccc3)c2)cc1. The predicted octanol–water partition coefficient (Wildman–Crippen LogP) is 4.51. The second-order valence-electron chi connectivity index (χ2n) is 7.18. The van der Waals surface area contributed by atoms with Gasteiger partial charge in [0, 0.05) is 34.5 Å². The number of amides is 2. The number of rotatable bonds is 10. The van der Waals surface area contributed by atoms with Crippen molar-refractivity contribution in [2.24, 2.45) is 0 Å². The van der Waals surface area contributed by atoms with Gasteiger partial charge in [-0.3, -0.25) is 4.21 Å². The highest BCUT2D eigenvalue weighted by atomic mass is 32.2. The van der Waals surface area contributed by atoms with E-state index in [0.29, 0.717) is 30.2 Å². The van der Waals surface area contributed by atoms with Crippen molar-refractivity contribution in [3.05, 3.63) is 95.6 Å².